The van der Waals surface area contributed by atoms with E-state index >= 15 is 0 Å². The summed E-state index contributed by atoms with van der Waals surface area (Å²) in [5.74, 6) is 0.754. The fraction of sp³-hybridized carbons (Fsp3) is 0.600. The van der Waals surface area contributed by atoms with Gasteiger partial charge in [-0.15, -0.1) is 0 Å². The van der Waals surface area contributed by atoms with Crippen LogP contribution in [0, 0.1) is 13.8 Å². The quantitative estimate of drug-likeness (QED) is 0.795. The summed E-state index contributed by atoms with van der Waals surface area (Å²) in [7, 11) is 0. The normalized spacial score (nSPS) is 19.5. The van der Waals surface area contributed by atoms with Crippen LogP contribution in [0.15, 0.2) is 18.5 Å². The van der Waals surface area contributed by atoms with Gasteiger partial charge in [-0.2, -0.15) is 0 Å². The second-order valence-corrected chi connectivity index (χ2v) is 7.29. The van der Waals surface area contributed by atoms with Crippen molar-refractivity contribution in [2.45, 2.75) is 26.9 Å². The molecule has 0 amide bonds. The number of aromatic nitrogens is 3. The van der Waals surface area contributed by atoms with Crippen molar-refractivity contribution >= 4 is 0 Å². The number of nitrogens with zero attached hydrogens (tertiary/aromatic N) is 5. The van der Waals surface area contributed by atoms with E-state index < -0.39 is 0 Å². The topological polar surface area (TPSA) is 55.7 Å². The van der Waals surface area contributed by atoms with Crippen molar-refractivity contribution in [2.75, 3.05) is 52.6 Å². The standard InChI is InChI=1S/C20H29N5O2/c1-16-18(14-23-6-10-26-11-7-23)19(15-24-8-12-27-13-9-24)17(2)25(16)20-21-4-3-5-22-20/h3-5H,6-15H2,1-2H3. The molecule has 0 radical (unpaired) electrons. The van der Waals surface area contributed by atoms with Crippen LogP contribution in [0.4, 0.5) is 0 Å². The molecular weight excluding hydrogens is 342 g/mol. The van der Waals surface area contributed by atoms with Crippen LogP contribution in [-0.4, -0.2) is 76.9 Å². The van der Waals surface area contributed by atoms with Gasteiger partial charge in [-0.3, -0.25) is 14.4 Å². The minimum absolute atomic E-state index is 0.754. The third-order valence-electron chi connectivity index (χ3n) is 5.63. The molecule has 0 aliphatic carbocycles. The predicted molar refractivity (Wildman–Crippen MR) is 103 cm³/mol. The molecule has 4 heterocycles. The van der Waals surface area contributed by atoms with Crippen molar-refractivity contribution in [2.24, 2.45) is 0 Å². The van der Waals surface area contributed by atoms with Gasteiger partial charge in [-0.05, 0) is 31.0 Å². The number of ether oxygens (including phenoxy) is 2. The van der Waals surface area contributed by atoms with Gasteiger partial charge in [0.2, 0.25) is 5.95 Å². The molecular formula is C20H29N5O2. The van der Waals surface area contributed by atoms with Gasteiger partial charge in [0, 0.05) is 63.1 Å². The van der Waals surface area contributed by atoms with Gasteiger partial charge in [-0.1, -0.05) is 0 Å². The molecule has 0 saturated carbocycles. The van der Waals surface area contributed by atoms with E-state index in [0.29, 0.717) is 0 Å². The minimum atomic E-state index is 0.754. The molecule has 4 rings (SSSR count). The van der Waals surface area contributed by atoms with Gasteiger partial charge in [0.15, 0.2) is 0 Å². The SMILES string of the molecule is Cc1c(CN2CCOCC2)c(CN2CCOCC2)c(C)n1-c1ncccn1. The maximum atomic E-state index is 5.53. The van der Waals surface area contributed by atoms with Gasteiger partial charge >= 0.3 is 0 Å². The number of morpholine rings is 2. The second-order valence-electron chi connectivity index (χ2n) is 7.29. The predicted octanol–water partition coefficient (Wildman–Crippen LogP) is 1.55. The Hall–Kier alpha value is -1.80. The molecule has 2 fully saturated rings. The molecule has 7 heteroatoms. The molecule has 2 aromatic rings. The Bertz CT molecular complexity index is 706. The Morgan fingerprint density at radius 3 is 1.67 bits per heavy atom. The van der Waals surface area contributed by atoms with Gasteiger partial charge in [0.25, 0.3) is 0 Å². The number of hydrogen-bond acceptors (Lipinski definition) is 6. The maximum Gasteiger partial charge on any atom is 0.233 e. The third-order valence-corrected chi connectivity index (χ3v) is 5.63. The summed E-state index contributed by atoms with van der Waals surface area (Å²) >= 11 is 0. The Balaban J connectivity index is 1.69. The van der Waals surface area contributed by atoms with E-state index in [1.165, 1.54) is 22.5 Å². The summed E-state index contributed by atoms with van der Waals surface area (Å²) in [6.45, 7) is 13.5. The first-order chi connectivity index (χ1) is 13.2. The van der Waals surface area contributed by atoms with Crippen molar-refractivity contribution < 1.29 is 9.47 Å². The average Bonchev–Trinajstić information content (AvgIpc) is 2.94. The molecule has 2 aromatic heterocycles. The van der Waals surface area contributed by atoms with Crippen LogP contribution in [0.2, 0.25) is 0 Å². The molecule has 2 aliphatic rings. The van der Waals surface area contributed by atoms with Crippen molar-refractivity contribution in [1.29, 1.82) is 0 Å². The lowest BCUT2D eigenvalue weighted by Gasteiger charge is -2.29. The lowest BCUT2D eigenvalue weighted by atomic mass is 10.1. The van der Waals surface area contributed by atoms with Gasteiger partial charge in [0.05, 0.1) is 26.4 Å². The molecule has 2 saturated heterocycles. The fourth-order valence-corrected chi connectivity index (χ4v) is 4.05. The summed E-state index contributed by atoms with van der Waals surface area (Å²) in [5, 5.41) is 0. The fourth-order valence-electron chi connectivity index (χ4n) is 4.05. The maximum absolute atomic E-state index is 5.53. The van der Waals surface area contributed by atoms with Crippen LogP contribution in [-0.2, 0) is 22.6 Å². The first kappa shape index (κ1) is 18.6. The monoisotopic (exact) mass is 371 g/mol. The lowest BCUT2D eigenvalue weighted by Crippen LogP contribution is -2.37. The zero-order valence-corrected chi connectivity index (χ0v) is 16.4. The van der Waals surface area contributed by atoms with Crippen LogP contribution in [0.1, 0.15) is 22.5 Å². The summed E-state index contributed by atoms with van der Waals surface area (Å²) in [6, 6.07) is 1.86. The van der Waals surface area contributed by atoms with Crippen molar-refractivity contribution in [1.82, 2.24) is 24.3 Å². The average molecular weight is 371 g/mol. The molecule has 0 aromatic carbocycles. The molecule has 7 nitrogen and oxygen atoms in total. The van der Waals surface area contributed by atoms with E-state index in [-0.39, 0.29) is 0 Å². The summed E-state index contributed by atoms with van der Waals surface area (Å²) in [6.07, 6.45) is 3.62. The highest BCUT2D eigenvalue weighted by atomic mass is 16.5. The van der Waals surface area contributed by atoms with Gasteiger partial charge in [0.1, 0.15) is 0 Å². The Morgan fingerprint density at radius 2 is 1.22 bits per heavy atom. The molecule has 0 N–H and O–H groups in total. The smallest absolute Gasteiger partial charge is 0.233 e. The molecule has 0 atom stereocenters. The van der Waals surface area contributed by atoms with Crippen LogP contribution >= 0.6 is 0 Å². The van der Waals surface area contributed by atoms with Crippen molar-refractivity contribution in [3.8, 4) is 5.95 Å². The molecule has 0 spiro atoms. The molecule has 27 heavy (non-hydrogen) atoms. The summed E-state index contributed by atoms with van der Waals surface area (Å²) in [5.41, 5.74) is 5.31. The highest BCUT2D eigenvalue weighted by Crippen LogP contribution is 2.28. The lowest BCUT2D eigenvalue weighted by molar-refractivity contribution is 0.0309. The first-order valence-corrected chi connectivity index (χ1v) is 9.81. The van der Waals surface area contributed by atoms with E-state index in [9.17, 15) is 0 Å². The summed E-state index contributed by atoms with van der Waals surface area (Å²) < 4.78 is 13.3. The second kappa shape index (κ2) is 8.48. The van der Waals surface area contributed by atoms with Gasteiger partial charge in [-0.25, -0.2) is 9.97 Å². The molecule has 146 valence electrons. The Morgan fingerprint density at radius 1 is 0.778 bits per heavy atom. The third kappa shape index (κ3) is 4.06. The first-order valence-electron chi connectivity index (χ1n) is 9.81. The van der Waals surface area contributed by atoms with Crippen molar-refractivity contribution in [3.63, 3.8) is 0 Å². The van der Waals surface area contributed by atoms with E-state index in [2.05, 4.69) is 38.2 Å². The van der Waals surface area contributed by atoms with E-state index in [4.69, 9.17) is 9.47 Å². The van der Waals surface area contributed by atoms with E-state index in [0.717, 1.165) is 71.6 Å². The van der Waals surface area contributed by atoms with Crippen LogP contribution in [0.25, 0.3) is 5.95 Å². The zero-order chi connectivity index (χ0) is 18.6. The number of hydrogen-bond donors (Lipinski definition) is 0. The molecule has 0 bridgehead atoms. The minimum Gasteiger partial charge on any atom is -0.379 e. The van der Waals surface area contributed by atoms with E-state index in [1.807, 2.05) is 18.5 Å². The zero-order valence-electron chi connectivity index (χ0n) is 16.4. The summed E-state index contributed by atoms with van der Waals surface area (Å²) in [4.78, 5) is 14.0. The molecule has 2 aliphatic heterocycles. The highest BCUT2D eigenvalue weighted by Gasteiger charge is 2.24. The van der Waals surface area contributed by atoms with Crippen LogP contribution < -0.4 is 0 Å². The molecule has 0 unspecified atom stereocenters. The van der Waals surface area contributed by atoms with Crippen LogP contribution in [0.3, 0.4) is 0 Å². The van der Waals surface area contributed by atoms with Crippen LogP contribution in [0.5, 0.6) is 0 Å². The highest BCUT2D eigenvalue weighted by molar-refractivity contribution is 5.42. The van der Waals surface area contributed by atoms with Crippen molar-refractivity contribution in [3.05, 3.63) is 41.0 Å². The largest absolute Gasteiger partial charge is 0.379 e. The van der Waals surface area contributed by atoms with E-state index in [1.54, 1.807) is 0 Å². The number of rotatable bonds is 5. The Kier molecular flexibility index (Phi) is 5.83. The van der Waals surface area contributed by atoms with Gasteiger partial charge < -0.3 is 9.47 Å². The Labute approximate surface area is 160 Å².